The van der Waals surface area contributed by atoms with E-state index in [-0.39, 0.29) is 0 Å². The van der Waals surface area contributed by atoms with Gasteiger partial charge in [0, 0.05) is 38.8 Å². The van der Waals surface area contributed by atoms with Crippen molar-refractivity contribution in [1.82, 2.24) is 15.1 Å². The molecule has 1 N–H and O–H groups in total. The second kappa shape index (κ2) is 5.61. The Kier molecular flexibility index (Phi) is 4.11. The number of hydrogen-bond acceptors (Lipinski definition) is 4. The first-order chi connectivity index (χ1) is 8.65. The van der Waals surface area contributed by atoms with Crippen molar-refractivity contribution in [2.45, 2.75) is 26.3 Å². The number of methoxy groups -OCH3 is 1. The van der Waals surface area contributed by atoms with Gasteiger partial charge in [-0.15, -0.1) is 0 Å². The second-order valence-electron chi connectivity index (χ2n) is 5.06. The van der Waals surface area contributed by atoms with E-state index in [0.717, 1.165) is 31.3 Å². The largest absolute Gasteiger partial charge is 0.481 e. The highest BCUT2D eigenvalue weighted by atomic mass is 16.5. The van der Waals surface area contributed by atoms with Gasteiger partial charge in [0.25, 0.3) is 0 Å². The van der Waals surface area contributed by atoms with Crippen LogP contribution in [0.25, 0.3) is 0 Å². The van der Waals surface area contributed by atoms with Crippen LogP contribution in [0.1, 0.15) is 20.3 Å². The summed E-state index contributed by atoms with van der Waals surface area (Å²) in [5, 5.41) is 8.11. The van der Waals surface area contributed by atoms with Crippen LogP contribution in [0.3, 0.4) is 0 Å². The molecule has 5 nitrogen and oxygen atoms in total. The van der Waals surface area contributed by atoms with Crippen LogP contribution in [0, 0.1) is 5.92 Å². The molecule has 2 atom stereocenters. The zero-order valence-corrected chi connectivity index (χ0v) is 11.8. The predicted molar refractivity (Wildman–Crippen MR) is 73.2 cm³/mol. The minimum Gasteiger partial charge on any atom is -0.481 e. The van der Waals surface area contributed by atoms with Crippen molar-refractivity contribution < 1.29 is 4.74 Å². The molecule has 2 rings (SSSR count). The van der Waals surface area contributed by atoms with E-state index in [2.05, 4.69) is 29.2 Å². The maximum absolute atomic E-state index is 5.27. The molecule has 0 spiro atoms. The Bertz CT molecular complexity index is 390. The summed E-state index contributed by atoms with van der Waals surface area (Å²) < 4.78 is 7.06. The van der Waals surface area contributed by atoms with Crippen molar-refractivity contribution in [2.75, 3.05) is 31.6 Å². The predicted octanol–water partition coefficient (Wildman–Crippen LogP) is 1.25. The normalized spacial score (nSPS) is 22.0. The molecule has 1 saturated heterocycles. The second-order valence-corrected chi connectivity index (χ2v) is 5.06. The Morgan fingerprint density at radius 3 is 3.00 bits per heavy atom. The molecule has 0 aromatic carbocycles. The van der Waals surface area contributed by atoms with Crippen molar-refractivity contribution in [2.24, 2.45) is 13.0 Å². The van der Waals surface area contributed by atoms with Crippen LogP contribution in [0.5, 0.6) is 5.88 Å². The number of nitrogens with zero attached hydrogens (tertiary/aromatic N) is 3. The van der Waals surface area contributed by atoms with Crippen LogP contribution in [0.15, 0.2) is 6.07 Å². The number of piperazine rings is 1. The van der Waals surface area contributed by atoms with E-state index < -0.39 is 0 Å². The molecule has 1 aliphatic heterocycles. The van der Waals surface area contributed by atoms with E-state index in [1.54, 1.807) is 11.8 Å². The average molecular weight is 252 g/mol. The molecule has 0 aliphatic carbocycles. The van der Waals surface area contributed by atoms with Gasteiger partial charge in [-0.1, -0.05) is 20.3 Å². The number of aromatic nitrogens is 2. The highest BCUT2D eigenvalue weighted by Crippen LogP contribution is 2.22. The van der Waals surface area contributed by atoms with E-state index >= 15 is 0 Å². The lowest BCUT2D eigenvalue weighted by atomic mass is 9.97. The Morgan fingerprint density at radius 1 is 1.61 bits per heavy atom. The number of aryl methyl sites for hydroxylation is 1. The lowest BCUT2D eigenvalue weighted by Crippen LogP contribution is -2.53. The van der Waals surface area contributed by atoms with Crippen LogP contribution >= 0.6 is 0 Å². The van der Waals surface area contributed by atoms with E-state index in [4.69, 9.17) is 4.74 Å². The molecule has 2 heterocycles. The molecule has 0 saturated carbocycles. The van der Waals surface area contributed by atoms with Crippen LogP contribution in [-0.4, -0.2) is 42.6 Å². The van der Waals surface area contributed by atoms with E-state index in [9.17, 15) is 0 Å². The Morgan fingerprint density at radius 2 is 2.39 bits per heavy atom. The van der Waals surface area contributed by atoms with Gasteiger partial charge in [0.1, 0.15) is 0 Å². The smallest absolute Gasteiger partial charge is 0.213 e. The standard InChI is InChI=1S/C13H24N4O/c1-5-10(2)11-9-17(7-6-14-11)12-8-13(18-4)16(3)15-12/h8,10-11,14H,5-7,9H2,1-4H3. The highest BCUT2D eigenvalue weighted by molar-refractivity contribution is 5.42. The van der Waals surface area contributed by atoms with Crippen molar-refractivity contribution in [3.05, 3.63) is 6.07 Å². The molecular weight excluding hydrogens is 228 g/mol. The van der Waals surface area contributed by atoms with Crippen molar-refractivity contribution in [3.8, 4) is 5.88 Å². The average Bonchev–Trinajstić information content (AvgIpc) is 2.79. The maximum Gasteiger partial charge on any atom is 0.213 e. The van der Waals surface area contributed by atoms with Gasteiger partial charge >= 0.3 is 0 Å². The number of ether oxygens (including phenoxy) is 1. The topological polar surface area (TPSA) is 42.3 Å². The Hall–Kier alpha value is -1.23. The first-order valence-corrected chi connectivity index (χ1v) is 6.72. The van der Waals surface area contributed by atoms with Gasteiger partial charge < -0.3 is 15.0 Å². The van der Waals surface area contributed by atoms with Crippen LogP contribution in [-0.2, 0) is 7.05 Å². The summed E-state index contributed by atoms with van der Waals surface area (Å²) in [7, 11) is 3.59. The van der Waals surface area contributed by atoms with Gasteiger partial charge in [-0.25, -0.2) is 4.68 Å². The third kappa shape index (κ3) is 2.61. The summed E-state index contributed by atoms with van der Waals surface area (Å²) >= 11 is 0. The van der Waals surface area contributed by atoms with E-state index in [1.165, 1.54) is 6.42 Å². The SMILES string of the molecule is CCC(C)C1CN(c2cc(OC)n(C)n2)CCN1. The number of anilines is 1. The Labute approximate surface area is 109 Å². The fraction of sp³-hybridized carbons (Fsp3) is 0.769. The molecule has 18 heavy (non-hydrogen) atoms. The van der Waals surface area contributed by atoms with Crippen molar-refractivity contribution in [3.63, 3.8) is 0 Å². The molecular formula is C13H24N4O. The minimum absolute atomic E-state index is 0.553. The zero-order valence-electron chi connectivity index (χ0n) is 11.8. The van der Waals surface area contributed by atoms with Crippen LogP contribution in [0.4, 0.5) is 5.82 Å². The summed E-state index contributed by atoms with van der Waals surface area (Å²) in [5.74, 6) is 2.52. The molecule has 102 valence electrons. The molecule has 1 aliphatic rings. The van der Waals surface area contributed by atoms with Crippen molar-refractivity contribution in [1.29, 1.82) is 0 Å². The number of nitrogens with one attached hydrogen (secondary N) is 1. The van der Waals surface area contributed by atoms with Gasteiger partial charge in [0.2, 0.25) is 5.88 Å². The van der Waals surface area contributed by atoms with E-state index in [1.807, 2.05) is 13.1 Å². The first kappa shape index (κ1) is 13.2. The maximum atomic E-state index is 5.27. The number of rotatable bonds is 4. The third-order valence-electron chi connectivity index (χ3n) is 3.89. The quantitative estimate of drug-likeness (QED) is 0.876. The summed E-state index contributed by atoms with van der Waals surface area (Å²) in [4.78, 5) is 2.34. The van der Waals surface area contributed by atoms with Gasteiger partial charge in [-0.3, -0.25) is 0 Å². The Balaban J connectivity index is 2.08. The molecule has 0 amide bonds. The highest BCUT2D eigenvalue weighted by Gasteiger charge is 2.25. The molecule has 1 fully saturated rings. The molecule has 5 heteroatoms. The van der Waals surface area contributed by atoms with Gasteiger partial charge in [-0.05, 0) is 5.92 Å². The zero-order chi connectivity index (χ0) is 13.1. The van der Waals surface area contributed by atoms with Gasteiger partial charge in [0.15, 0.2) is 5.82 Å². The third-order valence-corrected chi connectivity index (χ3v) is 3.89. The summed E-state index contributed by atoms with van der Waals surface area (Å²) in [6.45, 7) is 7.60. The van der Waals surface area contributed by atoms with Gasteiger partial charge in [-0.2, -0.15) is 5.10 Å². The van der Waals surface area contributed by atoms with Crippen LogP contribution in [0.2, 0.25) is 0 Å². The minimum atomic E-state index is 0.553. The van der Waals surface area contributed by atoms with Crippen LogP contribution < -0.4 is 15.0 Å². The molecule has 2 unspecified atom stereocenters. The lowest BCUT2D eigenvalue weighted by Gasteiger charge is -2.36. The molecule has 0 radical (unpaired) electrons. The fourth-order valence-electron chi connectivity index (χ4n) is 2.43. The summed E-state index contributed by atoms with van der Waals surface area (Å²) in [6.07, 6.45) is 1.21. The summed E-state index contributed by atoms with van der Waals surface area (Å²) in [6, 6.07) is 2.57. The molecule has 0 bridgehead atoms. The first-order valence-electron chi connectivity index (χ1n) is 6.72. The molecule has 1 aromatic rings. The van der Waals surface area contributed by atoms with Gasteiger partial charge in [0.05, 0.1) is 7.11 Å². The van der Waals surface area contributed by atoms with E-state index in [0.29, 0.717) is 12.0 Å². The fourth-order valence-corrected chi connectivity index (χ4v) is 2.43. The van der Waals surface area contributed by atoms with Crippen molar-refractivity contribution >= 4 is 5.82 Å². The lowest BCUT2D eigenvalue weighted by molar-refractivity contribution is 0.340. The summed E-state index contributed by atoms with van der Waals surface area (Å²) in [5.41, 5.74) is 0. The monoisotopic (exact) mass is 252 g/mol. The molecule has 1 aromatic heterocycles. The number of hydrogen-bond donors (Lipinski definition) is 1.